The molecule has 3 atom stereocenters. The third kappa shape index (κ3) is 4.20. The van der Waals surface area contributed by atoms with Gasteiger partial charge in [0, 0.05) is 22.6 Å². The zero-order chi connectivity index (χ0) is 14.6. The summed E-state index contributed by atoms with van der Waals surface area (Å²) in [6.45, 7) is 5.45. The minimum absolute atomic E-state index is 0.202. The topological polar surface area (TPSA) is 34.1 Å². The Bertz CT molecular complexity index is 488. The summed E-state index contributed by atoms with van der Waals surface area (Å²) in [5.41, 5.74) is -0.202. The maximum absolute atomic E-state index is 13.5. The van der Waals surface area contributed by atoms with Crippen molar-refractivity contribution >= 4 is 16.6 Å². The highest BCUT2D eigenvalue weighted by molar-refractivity contribution is 7.86. The highest BCUT2D eigenvalue weighted by atomic mass is 32.2. The molecule has 0 aliphatic carbocycles. The summed E-state index contributed by atoms with van der Waals surface area (Å²) in [6, 6.07) is 2.79. The lowest BCUT2D eigenvalue weighted by molar-refractivity contribution is 0.0988. The monoisotopic (exact) mass is 288 g/mol. The summed E-state index contributed by atoms with van der Waals surface area (Å²) in [5.74, 6) is -1.53. The number of hydrogen-bond donors (Lipinski definition) is 0. The van der Waals surface area contributed by atoms with E-state index in [2.05, 4.69) is 0 Å². The SMILES string of the molecule is CCC(C)CS(=O)C(C)C(=O)c1ccc(F)cc1F. The lowest BCUT2D eigenvalue weighted by Crippen LogP contribution is -2.27. The lowest BCUT2D eigenvalue weighted by Gasteiger charge is -2.14. The second-order valence-corrected chi connectivity index (χ2v) is 6.49. The van der Waals surface area contributed by atoms with Crippen LogP contribution in [0.25, 0.3) is 0 Å². The standard InChI is InChI=1S/C14H18F2O2S/c1-4-9(2)8-19(18)10(3)14(17)12-6-5-11(15)7-13(12)16/h5-7,9-10H,4,8H2,1-3H3. The van der Waals surface area contributed by atoms with Crippen LogP contribution in [-0.4, -0.2) is 21.0 Å². The van der Waals surface area contributed by atoms with Gasteiger partial charge >= 0.3 is 0 Å². The fourth-order valence-corrected chi connectivity index (χ4v) is 3.02. The molecule has 0 radical (unpaired) electrons. The van der Waals surface area contributed by atoms with Gasteiger partial charge in [-0.25, -0.2) is 8.78 Å². The van der Waals surface area contributed by atoms with Crippen LogP contribution in [0.3, 0.4) is 0 Å². The predicted octanol–water partition coefficient (Wildman–Crippen LogP) is 3.33. The molecule has 0 amide bonds. The number of rotatable bonds is 6. The summed E-state index contributed by atoms with van der Waals surface area (Å²) in [7, 11) is -1.35. The third-order valence-corrected chi connectivity index (χ3v) is 5.01. The van der Waals surface area contributed by atoms with Crippen LogP contribution in [0.4, 0.5) is 8.78 Å². The van der Waals surface area contributed by atoms with E-state index in [1.165, 1.54) is 6.92 Å². The number of carbonyl (C=O) groups excluding carboxylic acids is 1. The molecule has 0 aliphatic rings. The zero-order valence-electron chi connectivity index (χ0n) is 11.3. The van der Waals surface area contributed by atoms with Crippen LogP contribution in [0.2, 0.25) is 0 Å². The van der Waals surface area contributed by atoms with E-state index in [0.29, 0.717) is 11.8 Å². The van der Waals surface area contributed by atoms with E-state index >= 15 is 0 Å². The van der Waals surface area contributed by atoms with Gasteiger partial charge in [0.05, 0.1) is 10.8 Å². The Labute approximate surface area is 114 Å². The Morgan fingerprint density at radius 2 is 1.95 bits per heavy atom. The molecule has 0 fully saturated rings. The van der Waals surface area contributed by atoms with E-state index in [9.17, 15) is 17.8 Å². The Hall–Kier alpha value is -1.10. The quantitative estimate of drug-likeness (QED) is 0.752. The maximum atomic E-state index is 13.5. The number of carbonyl (C=O) groups is 1. The van der Waals surface area contributed by atoms with Gasteiger partial charge in [-0.15, -0.1) is 0 Å². The van der Waals surface area contributed by atoms with Crippen LogP contribution in [0, 0.1) is 17.6 Å². The highest BCUT2D eigenvalue weighted by Crippen LogP contribution is 2.16. The molecule has 0 saturated carbocycles. The van der Waals surface area contributed by atoms with Crippen LogP contribution < -0.4 is 0 Å². The minimum Gasteiger partial charge on any atom is -0.293 e. The van der Waals surface area contributed by atoms with E-state index in [1.807, 2.05) is 13.8 Å². The van der Waals surface area contributed by atoms with Crippen LogP contribution in [0.1, 0.15) is 37.6 Å². The van der Waals surface area contributed by atoms with Crippen molar-refractivity contribution in [3.63, 3.8) is 0 Å². The molecule has 0 bridgehead atoms. The van der Waals surface area contributed by atoms with Crippen LogP contribution >= 0.6 is 0 Å². The Balaban J connectivity index is 2.84. The van der Waals surface area contributed by atoms with Crippen molar-refractivity contribution < 1.29 is 17.8 Å². The largest absolute Gasteiger partial charge is 0.293 e. The van der Waals surface area contributed by atoms with Gasteiger partial charge in [-0.05, 0) is 25.0 Å². The van der Waals surface area contributed by atoms with Gasteiger partial charge in [0.2, 0.25) is 0 Å². The third-order valence-electron chi connectivity index (χ3n) is 3.11. The van der Waals surface area contributed by atoms with Crippen molar-refractivity contribution in [1.29, 1.82) is 0 Å². The molecule has 1 aromatic rings. The number of ketones is 1. The van der Waals surface area contributed by atoms with Crippen molar-refractivity contribution in [3.05, 3.63) is 35.4 Å². The average Bonchev–Trinajstić information content (AvgIpc) is 2.36. The smallest absolute Gasteiger partial charge is 0.181 e. The Kier molecular flexibility index (Phi) is 5.79. The molecule has 106 valence electrons. The van der Waals surface area contributed by atoms with E-state index in [-0.39, 0.29) is 11.5 Å². The molecule has 0 aromatic heterocycles. The van der Waals surface area contributed by atoms with Crippen molar-refractivity contribution in [1.82, 2.24) is 0 Å². The van der Waals surface area contributed by atoms with E-state index < -0.39 is 33.5 Å². The van der Waals surface area contributed by atoms with Crippen LogP contribution in [0.15, 0.2) is 18.2 Å². The first kappa shape index (κ1) is 16.0. The van der Waals surface area contributed by atoms with Crippen molar-refractivity contribution in [2.24, 2.45) is 5.92 Å². The summed E-state index contributed by atoms with van der Waals surface area (Å²) in [6.07, 6.45) is 0.873. The second kappa shape index (κ2) is 6.89. The average molecular weight is 288 g/mol. The van der Waals surface area contributed by atoms with Gasteiger partial charge in [-0.3, -0.25) is 9.00 Å². The van der Waals surface area contributed by atoms with E-state index in [0.717, 1.165) is 18.6 Å². The molecular formula is C14H18F2O2S. The number of hydrogen-bond acceptors (Lipinski definition) is 2. The molecule has 3 unspecified atom stereocenters. The number of Topliss-reactive ketones (excluding diaryl/α,β-unsaturated/α-hetero) is 1. The molecule has 0 heterocycles. The van der Waals surface area contributed by atoms with E-state index in [1.54, 1.807) is 0 Å². The molecular weight excluding hydrogens is 270 g/mol. The Morgan fingerprint density at radius 1 is 1.32 bits per heavy atom. The first-order valence-electron chi connectivity index (χ1n) is 6.23. The molecule has 1 aromatic carbocycles. The fraction of sp³-hybridized carbons (Fsp3) is 0.500. The molecule has 5 heteroatoms. The summed E-state index contributed by atoms with van der Waals surface area (Å²) in [4.78, 5) is 12.0. The molecule has 2 nitrogen and oxygen atoms in total. The first-order chi connectivity index (χ1) is 8.86. The van der Waals surface area contributed by atoms with Crippen LogP contribution in [0.5, 0.6) is 0 Å². The second-order valence-electron chi connectivity index (χ2n) is 4.69. The predicted molar refractivity (Wildman–Crippen MR) is 72.6 cm³/mol. The first-order valence-corrected chi connectivity index (χ1v) is 7.61. The minimum atomic E-state index is -1.35. The summed E-state index contributed by atoms with van der Waals surface area (Å²) >= 11 is 0. The maximum Gasteiger partial charge on any atom is 0.181 e. The fourth-order valence-electron chi connectivity index (χ4n) is 1.57. The zero-order valence-corrected chi connectivity index (χ0v) is 12.1. The van der Waals surface area contributed by atoms with Gasteiger partial charge in [0.15, 0.2) is 5.78 Å². The lowest BCUT2D eigenvalue weighted by atomic mass is 10.1. The highest BCUT2D eigenvalue weighted by Gasteiger charge is 2.24. The number of benzene rings is 1. The van der Waals surface area contributed by atoms with Crippen molar-refractivity contribution in [3.8, 4) is 0 Å². The number of halogens is 2. The van der Waals surface area contributed by atoms with Gasteiger partial charge in [-0.1, -0.05) is 20.3 Å². The normalized spacial score (nSPS) is 15.8. The van der Waals surface area contributed by atoms with Gasteiger partial charge in [0.25, 0.3) is 0 Å². The molecule has 19 heavy (non-hydrogen) atoms. The molecule has 0 N–H and O–H groups in total. The van der Waals surface area contributed by atoms with E-state index in [4.69, 9.17) is 0 Å². The van der Waals surface area contributed by atoms with Crippen molar-refractivity contribution in [2.45, 2.75) is 32.4 Å². The molecule has 1 rings (SSSR count). The van der Waals surface area contributed by atoms with Gasteiger partial charge in [-0.2, -0.15) is 0 Å². The van der Waals surface area contributed by atoms with Gasteiger partial charge in [0.1, 0.15) is 11.6 Å². The van der Waals surface area contributed by atoms with Crippen LogP contribution in [-0.2, 0) is 10.8 Å². The molecule has 0 saturated heterocycles. The van der Waals surface area contributed by atoms with Crippen molar-refractivity contribution in [2.75, 3.05) is 5.75 Å². The molecule has 0 aliphatic heterocycles. The van der Waals surface area contributed by atoms with Gasteiger partial charge < -0.3 is 0 Å². The Morgan fingerprint density at radius 3 is 2.47 bits per heavy atom. The summed E-state index contributed by atoms with van der Waals surface area (Å²) < 4.78 is 38.3. The molecule has 0 spiro atoms. The summed E-state index contributed by atoms with van der Waals surface area (Å²) in [5, 5.41) is -0.783.